The Morgan fingerprint density at radius 3 is 2.39 bits per heavy atom. The molecule has 2 aromatic rings. The Bertz CT molecular complexity index is 902. The van der Waals surface area contributed by atoms with Crippen LogP contribution in [0.4, 0.5) is 0 Å². The molecule has 1 heterocycles. The summed E-state index contributed by atoms with van der Waals surface area (Å²) in [5.74, 6) is -1.24. The van der Waals surface area contributed by atoms with Gasteiger partial charge in [-0.05, 0) is 25.5 Å². The van der Waals surface area contributed by atoms with E-state index in [-0.39, 0.29) is 32.7 Å². The van der Waals surface area contributed by atoms with Gasteiger partial charge in [-0.3, -0.25) is 0 Å². The largest absolute Gasteiger partial charge is 0.478 e. The summed E-state index contributed by atoms with van der Waals surface area (Å²) in [5.41, 5.74) is 0.666. The highest BCUT2D eigenvalue weighted by atomic mass is 35.5. The molecule has 9 heteroatoms. The molecular weight excluding hydrogens is 344 g/mol. The number of rotatable bonds is 4. The molecule has 0 radical (unpaired) electrons. The van der Waals surface area contributed by atoms with Gasteiger partial charge in [0.1, 0.15) is 4.90 Å². The number of hydrogen-bond acceptors (Lipinski definition) is 5. The van der Waals surface area contributed by atoms with Gasteiger partial charge < -0.3 is 9.84 Å². The van der Waals surface area contributed by atoms with E-state index in [1.807, 2.05) is 0 Å². The zero-order valence-corrected chi connectivity index (χ0v) is 14.5. The molecule has 0 aliphatic heterocycles. The fourth-order valence-electron chi connectivity index (χ4n) is 2.24. The first-order chi connectivity index (χ1) is 10.5. The number of carbonyl (C=O) groups is 1. The highest BCUT2D eigenvalue weighted by Gasteiger charge is 2.27. The van der Waals surface area contributed by atoms with Crippen molar-refractivity contribution in [3.63, 3.8) is 0 Å². The minimum Gasteiger partial charge on any atom is -0.478 e. The summed E-state index contributed by atoms with van der Waals surface area (Å²) in [6.07, 6.45) is 1.01. The Labute approximate surface area is 138 Å². The Kier molecular flexibility index (Phi) is 4.41. The van der Waals surface area contributed by atoms with E-state index in [1.165, 1.54) is 17.7 Å². The standard InChI is InChI=1S/C14H15ClN2O5S/c1-7-5-9(14(18)19)11(15)12(13(7)23(4,20)21)22-10-6-8(2)16-17(10)3/h5-6H,1-4H3,(H,18,19). The maximum Gasteiger partial charge on any atom is 0.337 e. The number of carboxylic acid groups (broad SMARTS) is 1. The van der Waals surface area contributed by atoms with Gasteiger partial charge in [0.2, 0.25) is 5.88 Å². The quantitative estimate of drug-likeness (QED) is 0.901. The van der Waals surface area contributed by atoms with Gasteiger partial charge in [-0.15, -0.1) is 0 Å². The summed E-state index contributed by atoms with van der Waals surface area (Å²) < 4.78 is 31.2. The predicted molar refractivity (Wildman–Crippen MR) is 84.3 cm³/mol. The van der Waals surface area contributed by atoms with Crippen LogP contribution in [0.2, 0.25) is 5.02 Å². The molecule has 0 amide bonds. The summed E-state index contributed by atoms with van der Waals surface area (Å²) >= 11 is 6.10. The SMILES string of the molecule is Cc1cc(Oc2c(Cl)c(C(=O)O)cc(C)c2S(C)(=O)=O)n(C)n1. The zero-order chi connectivity index (χ0) is 17.5. The Morgan fingerprint density at radius 2 is 1.96 bits per heavy atom. The van der Waals surface area contributed by atoms with Crippen LogP contribution in [0.5, 0.6) is 11.6 Å². The molecule has 0 aliphatic rings. The molecule has 0 saturated heterocycles. The van der Waals surface area contributed by atoms with Crippen molar-refractivity contribution >= 4 is 27.4 Å². The smallest absolute Gasteiger partial charge is 0.337 e. The van der Waals surface area contributed by atoms with Crippen molar-refractivity contribution < 1.29 is 23.1 Å². The van der Waals surface area contributed by atoms with Crippen LogP contribution in [-0.2, 0) is 16.9 Å². The normalized spacial score (nSPS) is 11.5. The average molecular weight is 359 g/mol. The van der Waals surface area contributed by atoms with Crippen LogP contribution < -0.4 is 4.74 Å². The van der Waals surface area contributed by atoms with Crippen LogP contribution in [0.1, 0.15) is 21.6 Å². The first-order valence-corrected chi connectivity index (χ1v) is 8.74. The van der Waals surface area contributed by atoms with E-state index in [1.54, 1.807) is 20.0 Å². The van der Waals surface area contributed by atoms with Gasteiger partial charge in [0.25, 0.3) is 0 Å². The van der Waals surface area contributed by atoms with E-state index in [0.29, 0.717) is 5.69 Å². The van der Waals surface area contributed by atoms with Crippen LogP contribution in [0.3, 0.4) is 0 Å². The molecule has 23 heavy (non-hydrogen) atoms. The first kappa shape index (κ1) is 17.3. The highest BCUT2D eigenvalue weighted by molar-refractivity contribution is 7.90. The van der Waals surface area contributed by atoms with Crippen LogP contribution in [0, 0.1) is 13.8 Å². The number of halogens is 1. The molecule has 0 unspecified atom stereocenters. The Balaban J connectivity index is 2.77. The molecule has 1 aromatic heterocycles. The van der Waals surface area contributed by atoms with E-state index >= 15 is 0 Å². The molecule has 0 aliphatic carbocycles. The fourth-order valence-corrected chi connectivity index (χ4v) is 3.69. The molecule has 2 rings (SSSR count). The molecule has 0 saturated carbocycles. The van der Waals surface area contributed by atoms with Gasteiger partial charge in [-0.2, -0.15) is 5.10 Å². The summed E-state index contributed by atoms with van der Waals surface area (Å²) in [6, 6.07) is 2.80. The molecule has 1 aromatic carbocycles. The van der Waals surface area contributed by atoms with Crippen molar-refractivity contribution in [2.24, 2.45) is 7.05 Å². The first-order valence-electron chi connectivity index (χ1n) is 6.47. The predicted octanol–water partition coefficient (Wildman–Crippen LogP) is 2.58. The molecule has 0 spiro atoms. The van der Waals surface area contributed by atoms with Gasteiger partial charge >= 0.3 is 5.97 Å². The van der Waals surface area contributed by atoms with Crippen molar-refractivity contribution in [1.82, 2.24) is 9.78 Å². The van der Waals surface area contributed by atoms with Crippen molar-refractivity contribution in [2.45, 2.75) is 18.7 Å². The van der Waals surface area contributed by atoms with Crippen molar-refractivity contribution in [3.05, 3.63) is 34.0 Å². The number of sulfone groups is 1. The summed E-state index contributed by atoms with van der Waals surface area (Å²) in [5, 5.41) is 13.0. The second-order valence-electron chi connectivity index (χ2n) is 5.14. The topological polar surface area (TPSA) is 98.5 Å². The zero-order valence-electron chi connectivity index (χ0n) is 12.9. The minimum absolute atomic E-state index is 0.147. The van der Waals surface area contributed by atoms with Crippen LogP contribution in [0.25, 0.3) is 0 Å². The second-order valence-corrected chi connectivity index (χ2v) is 7.47. The third-order valence-corrected chi connectivity index (χ3v) is 4.75. The number of aryl methyl sites for hydroxylation is 3. The highest BCUT2D eigenvalue weighted by Crippen LogP contribution is 2.40. The lowest BCUT2D eigenvalue weighted by atomic mass is 10.1. The van der Waals surface area contributed by atoms with Crippen molar-refractivity contribution in [1.29, 1.82) is 0 Å². The van der Waals surface area contributed by atoms with E-state index < -0.39 is 15.8 Å². The van der Waals surface area contributed by atoms with E-state index in [2.05, 4.69) is 5.10 Å². The fraction of sp³-hybridized carbons (Fsp3) is 0.286. The number of ether oxygens (including phenoxy) is 1. The number of hydrogen-bond donors (Lipinski definition) is 1. The van der Waals surface area contributed by atoms with Crippen molar-refractivity contribution in [2.75, 3.05) is 6.26 Å². The van der Waals surface area contributed by atoms with Gasteiger partial charge in [0.15, 0.2) is 15.6 Å². The molecule has 7 nitrogen and oxygen atoms in total. The lowest BCUT2D eigenvalue weighted by Crippen LogP contribution is -2.09. The number of nitrogens with zero attached hydrogens (tertiary/aromatic N) is 2. The molecule has 0 fully saturated rings. The summed E-state index contributed by atoms with van der Waals surface area (Å²) in [6.45, 7) is 3.23. The van der Waals surface area contributed by atoms with Gasteiger partial charge in [-0.1, -0.05) is 11.6 Å². The lowest BCUT2D eigenvalue weighted by molar-refractivity contribution is 0.0696. The van der Waals surface area contributed by atoms with Crippen molar-refractivity contribution in [3.8, 4) is 11.6 Å². The monoisotopic (exact) mass is 358 g/mol. The maximum atomic E-state index is 12.1. The number of carboxylic acids is 1. The molecule has 0 bridgehead atoms. The van der Waals surface area contributed by atoms with Crippen LogP contribution >= 0.6 is 11.6 Å². The van der Waals surface area contributed by atoms with Gasteiger partial charge in [0.05, 0.1) is 16.3 Å². The third-order valence-electron chi connectivity index (χ3n) is 3.13. The van der Waals surface area contributed by atoms with Gasteiger partial charge in [-0.25, -0.2) is 17.9 Å². The molecule has 124 valence electrons. The third kappa shape index (κ3) is 3.32. The van der Waals surface area contributed by atoms with E-state index in [0.717, 1.165) is 6.26 Å². The molecule has 0 atom stereocenters. The molecule has 1 N–H and O–H groups in total. The minimum atomic E-state index is -3.69. The number of benzene rings is 1. The van der Waals surface area contributed by atoms with Crippen LogP contribution in [0.15, 0.2) is 17.0 Å². The Morgan fingerprint density at radius 1 is 1.35 bits per heavy atom. The second kappa shape index (κ2) is 5.86. The number of aromatic nitrogens is 2. The van der Waals surface area contributed by atoms with E-state index in [4.69, 9.17) is 16.3 Å². The van der Waals surface area contributed by atoms with Gasteiger partial charge in [0, 0.05) is 19.4 Å². The van der Waals surface area contributed by atoms with E-state index in [9.17, 15) is 18.3 Å². The lowest BCUT2D eigenvalue weighted by Gasteiger charge is -2.15. The van der Waals surface area contributed by atoms with Crippen LogP contribution in [-0.4, -0.2) is 35.5 Å². The summed E-state index contributed by atoms with van der Waals surface area (Å²) in [7, 11) is -2.07. The average Bonchev–Trinajstić information content (AvgIpc) is 2.69. The molecular formula is C14H15ClN2O5S. The maximum absolute atomic E-state index is 12.1. The summed E-state index contributed by atoms with van der Waals surface area (Å²) in [4.78, 5) is 11.2. The Hall–Kier alpha value is -2.06. The number of aromatic carboxylic acids is 1.